The van der Waals surface area contributed by atoms with E-state index in [2.05, 4.69) is 30.3 Å². The zero-order valence-corrected chi connectivity index (χ0v) is 12.1. The molecule has 3 unspecified atom stereocenters. The highest BCUT2D eigenvalue weighted by atomic mass is 32.2. The number of likely N-dealkylation sites (tertiary alicyclic amines) is 1. The molecule has 0 aromatic heterocycles. The van der Waals surface area contributed by atoms with Gasteiger partial charge in [-0.25, -0.2) is 0 Å². The molecule has 1 aromatic carbocycles. The lowest BCUT2D eigenvalue weighted by molar-refractivity contribution is -0.140. The molecular weight excluding hydrogens is 254 g/mol. The Morgan fingerprint density at radius 2 is 2.05 bits per heavy atom. The molecule has 3 aliphatic rings. The molecule has 19 heavy (non-hydrogen) atoms. The summed E-state index contributed by atoms with van der Waals surface area (Å²) >= 11 is 1.96. The molecule has 2 heterocycles. The first-order valence-corrected chi connectivity index (χ1v) is 8.05. The van der Waals surface area contributed by atoms with Crippen LogP contribution in [0.25, 0.3) is 0 Å². The molecular formula is C16H19NOS. The minimum Gasteiger partial charge on any atom is -0.326 e. The third-order valence-electron chi connectivity index (χ3n) is 5.32. The third kappa shape index (κ3) is 1.32. The largest absolute Gasteiger partial charge is 0.326 e. The number of rotatable bonds is 1. The molecule has 2 nitrogen and oxygen atoms in total. The van der Waals surface area contributed by atoms with Crippen molar-refractivity contribution in [3.05, 3.63) is 35.9 Å². The predicted octanol–water partition coefficient (Wildman–Crippen LogP) is 3.38. The molecule has 100 valence electrons. The van der Waals surface area contributed by atoms with Crippen molar-refractivity contribution in [2.45, 2.75) is 41.7 Å². The van der Waals surface area contributed by atoms with Crippen molar-refractivity contribution < 1.29 is 4.79 Å². The van der Waals surface area contributed by atoms with E-state index in [1.165, 1.54) is 24.8 Å². The van der Waals surface area contributed by atoms with Crippen LogP contribution >= 0.6 is 11.8 Å². The molecule has 2 saturated heterocycles. The number of thioether (sulfide) groups is 1. The van der Waals surface area contributed by atoms with Crippen LogP contribution < -0.4 is 0 Å². The van der Waals surface area contributed by atoms with Crippen LogP contribution in [0, 0.1) is 5.92 Å². The Morgan fingerprint density at radius 3 is 2.84 bits per heavy atom. The second-order valence-electron chi connectivity index (χ2n) is 6.15. The quantitative estimate of drug-likeness (QED) is 0.782. The highest BCUT2D eigenvalue weighted by Crippen LogP contribution is 2.69. The monoisotopic (exact) mass is 273 g/mol. The first kappa shape index (κ1) is 11.8. The SMILES string of the molecule is CN1C(=O)C23CCCCC2CC1(c1ccccc1)S3. The summed E-state index contributed by atoms with van der Waals surface area (Å²) in [5, 5.41) is 0. The van der Waals surface area contributed by atoms with Crippen molar-refractivity contribution in [3.8, 4) is 0 Å². The van der Waals surface area contributed by atoms with Gasteiger partial charge in [0.05, 0.1) is 0 Å². The molecule has 1 spiro atoms. The first-order valence-electron chi connectivity index (χ1n) is 7.23. The summed E-state index contributed by atoms with van der Waals surface area (Å²) < 4.78 is -0.0944. The lowest BCUT2D eigenvalue weighted by Crippen LogP contribution is -2.52. The molecule has 1 aromatic rings. The van der Waals surface area contributed by atoms with Crippen LogP contribution in [0.5, 0.6) is 0 Å². The van der Waals surface area contributed by atoms with Crippen molar-refractivity contribution in [2.75, 3.05) is 7.05 Å². The average molecular weight is 273 g/mol. The average Bonchev–Trinajstić information content (AvgIpc) is 2.92. The van der Waals surface area contributed by atoms with Crippen molar-refractivity contribution >= 4 is 17.7 Å². The minimum atomic E-state index is -0.0944. The van der Waals surface area contributed by atoms with Gasteiger partial charge in [-0.05, 0) is 30.7 Å². The third-order valence-corrected chi connectivity index (χ3v) is 7.41. The Balaban J connectivity index is 1.84. The Morgan fingerprint density at radius 1 is 1.26 bits per heavy atom. The number of piperidine rings is 1. The second kappa shape index (κ2) is 3.78. The number of hydrogen-bond acceptors (Lipinski definition) is 2. The van der Waals surface area contributed by atoms with Gasteiger partial charge in [-0.3, -0.25) is 4.79 Å². The van der Waals surface area contributed by atoms with E-state index < -0.39 is 0 Å². The second-order valence-corrected chi connectivity index (χ2v) is 7.76. The lowest BCUT2D eigenvalue weighted by atomic mass is 9.71. The fourth-order valence-corrected chi connectivity index (χ4v) is 6.54. The highest BCUT2D eigenvalue weighted by molar-refractivity contribution is 8.03. The fourth-order valence-electron chi connectivity index (χ4n) is 4.34. The highest BCUT2D eigenvalue weighted by Gasteiger charge is 2.69. The predicted molar refractivity (Wildman–Crippen MR) is 77.8 cm³/mol. The van der Waals surface area contributed by atoms with Gasteiger partial charge in [-0.15, -0.1) is 11.8 Å². The van der Waals surface area contributed by atoms with Crippen LogP contribution in [0.2, 0.25) is 0 Å². The van der Waals surface area contributed by atoms with E-state index in [1.807, 2.05) is 23.7 Å². The van der Waals surface area contributed by atoms with E-state index in [4.69, 9.17) is 0 Å². The van der Waals surface area contributed by atoms with E-state index in [-0.39, 0.29) is 9.62 Å². The van der Waals surface area contributed by atoms with Gasteiger partial charge in [0.1, 0.15) is 9.62 Å². The molecule has 0 radical (unpaired) electrons. The molecule has 2 aliphatic heterocycles. The Kier molecular flexibility index (Phi) is 2.36. The maximum atomic E-state index is 12.8. The Hall–Kier alpha value is -0.960. The molecule has 2 bridgehead atoms. The Labute approximate surface area is 118 Å². The van der Waals surface area contributed by atoms with Crippen LogP contribution in [0.1, 0.15) is 37.7 Å². The summed E-state index contributed by atoms with van der Waals surface area (Å²) in [6.45, 7) is 0. The van der Waals surface area contributed by atoms with Crippen LogP contribution in [0.4, 0.5) is 0 Å². The standard InChI is InChI=1S/C16H19NOS/c1-17-14(18)15-10-6-5-9-13(15)11-16(17,19-15)12-7-3-2-4-8-12/h2-4,7-8,13H,5-6,9-11H2,1H3. The van der Waals surface area contributed by atoms with Crippen molar-refractivity contribution in [2.24, 2.45) is 5.92 Å². The summed E-state index contributed by atoms with van der Waals surface area (Å²) in [7, 11) is 2.00. The van der Waals surface area contributed by atoms with Crippen molar-refractivity contribution in [3.63, 3.8) is 0 Å². The van der Waals surface area contributed by atoms with Gasteiger partial charge in [0, 0.05) is 7.05 Å². The lowest BCUT2D eigenvalue weighted by Gasteiger charge is -2.41. The molecule has 3 atom stereocenters. The summed E-state index contributed by atoms with van der Waals surface area (Å²) in [5.74, 6) is 0.979. The van der Waals surface area contributed by atoms with E-state index in [9.17, 15) is 4.79 Å². The first-order chi connectivity index (χ1) is 9.19. The number of carbonyl (C=O) groups is 1. The maximum Gasteiger partial charge on any atom is 0.240 e. The molecule has 1 saturated carbocycles. The van der Waals surface area contributed by atoms with E-state index in [1.54, 1.807) is 0 Å². The maximum absolute atomic E-state index is 12.8. The van der Waals surface area contributed by atoms with Gasteiger partial charge in [0.25, 0.3) is 0 Å². The van der Waals surface area contributed by atoms with Gasteiger partial charge in [-0.1, -0.05) is 43.2 Å². The van der Waals surface area contributed by atoms with Gasteiger partial charge in [0.15, 0.2) is 0 Å². The number of hydrogen-bond donors (Lipinski definition) is 0. The normalized spacial score (nSPS) is 40.6. The summed E-state index contributed by atoms with van der Waals surface area (Å²) in [6, 6.07) is 10.6. The molecule has 3 heteroatoms. The molecule has 0 N–H and O–H groups in total. The number of nitrogens with zero attached hydrogens (tertiary/aromatic N) is 1. The van der Waals surface area contributed by atoms with Crippen molar-refractivity contribution in [1.82, 2.24) is 4.90 Å². The molecule has 1 amide bonds. The minimum absolute atomic E-state index is 0.0899. The van der Waals surface area contributed by atoms with Crippen LogP contribution in [-0.2, 0) is 9.67 Å². The van der Waals surface area contributed by atoms with E-state index >= 15 is 0 Å². The van der Waals surface area contributed by atoms with E-state index in [0.717, 1.165) is 12.8 Å². The zero-order chi connectivity index (χ0) is 13.1. The number of amides is 1. The molecule has 3 fully saturated rings. The van der Waals surface area contributed by atoms with Crippen LogP contribution in [-0.4, -0.2) is 22.6 Å². The molecule has 1 aliphatic carbocycles. The van der Waals surface area contributed by atoms with Gasteiger partial charge >= 0.3 is 0 Å². The summed E-state index contributed by atoms with van der Waals surface area (Å²) in [5.41, 5.74) is 1.31. The summed E-state index contributed by atoms with van der Waals surface area (Å²) in [4.78, 5) is 14.8. The topological polar surface area (TPSA) is 20.3 Å². The van der Waals surface area contributed by atoms with Gasteiger partial charge in [-0.2, -0.15) is 0 Å². The van der Waals surface area contributed by atoms with Gasteiger partial charge < -0.3 is 4.90 Å². The Bertz CT molecular complexity index is 531. The fraction of sp³-hybridized carbons (Fsp3) is 0.562. The van der Waals surface area contributed by atoms with Crippen molar-refractivity contribution in [1.29, 1.82) is 0 Å². The number of carbonyl (C=O) groups excluding carboxylic acids is 1. The summed E-state index contributed by atoms with van der Waals surface area (Å²) in [6.07, 6.45) is 5.98. The zero-order valence-electron chi connectivity index (χ0n) is 11.3. The molecule has 4 rings (SSSR count). The van der Waals surface area contributed by atoms with E-state index in [0.29, 0.717) is 11.8 Å². The van der Waals surface area contributed by atoms with Crippen LogP contribution in [0.15, 0.2) is 30.3 Å². The smallest absolute Gasteiger partial charge is 0.240 e. The number of fused-ring (bicyclic) bond motifs is 1. The van der Waals surface area contributed by atoms with Crippen LogP contribution in [0.3, 0.4) is 0 Å². The number of benzene rings is 1. The van der Waals surface area contributed by atoms with Gasteiger partial charge in [0.2, 0.25) is 5.91 Å².